The smallest absolute Gasteiger partial charge is 0.165 e. The van der Waals surface area contributed by atoms with Crippen LogP contribution in [0.1, 0.15) is 18.2 Å². The number of rotatable bonds is 7. The largest absolute Gasteiger partial charge is 0.308 e. The van der Waals surface area contributed by atoms with Gasteiger partial charge in [-0.2, -0.15) is 0 Å². The van der Waals surface area contributed by atoms with Gasteiger partial charge in [0.15, 0.2) is 17.5 Å². The number of benzene rings is 6. The first-order chi connectivity index (χ1) is 25.2. The zero-order valence-electron chi connectivity index (χ0n) is 28.0. The Morgan fingerprint density at radius 3 is 1.75 bits per heavy atom. The highest BCUT2D eigenvalue weighted by molar-refractivity contribution is 7.27. The van der Waals surface area contributed by atoms with Gasteiger partial charge in [-0.05, 0) is 42.3 Å². The van der Waals surface area contributed by atoms with E-state index in [0.29, 0.717) is 17.5 Å². The second-order valence-electron chi connectivity index (χ2n) is 12.4. The van der Waals surface area contributed by atoms with Crippen molar-refractivity contribution in [3.8, 4) is 51.0 Å². The second-order valence-corrected chi connectivity index (χ2v) is 13.4. The van der Waals surface area contributed by atoms with Gasteiger partial charge < -0.3 is 4.57 Å². The molecule has 51 heavy (non-hydrogen) atoms. The maximum atomic E-state index is 5.16. The van der Waals surface area contributed by atoms with E-state index in [9.17, 15) is 0 Å². The number of allylic oxidation sites excluding steroid dienone is 1. The summed E-state index contributed by atoms with van der Waals surface area (Å²) in [7, 11) is 0. The van der Waals surface area contributed by atoms with Gasteiger partial charge in [0, 0.05) is 48.8 Å². The lowest BCUT2D eigenvalue weighted by atomic mass is 10.0. The van der Waals surface area contributed by atoms with Crippen LogP contribution in [-0.4, -0.2) is 19.5 Å². The quantitative estimate of drug-likeness (QED) is 0.169. The minimum Gasteiger partial charge on any atom is -0.308 e. The van der Waals surface area contributed by atoms with Gasteiger partial charge in [-0.1, -0.05) is 146 Å². The molecule has 9 rings (SSSR count). The van der Waals surface area contributed by atoms with Crippen molar-refractivity contribution in [1.29, 1.82) is 0 Å². The summed E-state index contributed by atoms with van der Waals surface area (Å²) in [6.07, 6.45) is 6.26. The highest BCUT2D eigenvalue weighted by Gasteiger charge is 2.22. The minimum atomic E-state index is 0.642. The summed E-state index contributed by atoms with van der Waals surface area (Å²) in [4.78, 5) is 15.3. The Hall–Kier alpha value is -6.43. The summed E-state index contributed by atoms with van der Waals surface area (Å²) in [6.45, 7) is 6.31. The van der Waals surface area contributed by atoms with Gasteiger partial charge in [-0.25, -0.2) is 15.0 Å². The SMILES string of the molecule is C=Cc1c(/C=C\C)c2ccc3c4cccc(-c5nc(-c6ccccc6)nc(-c6ccc(-c7ccccc7)cc6)n5)c4sc3c2n1-c1ccccc1. The monoisotopic (exact) mass is 672 g/mol. The average molecular weight is 673 g/mol. The Balaban J connectivity index is 1.28. The molecule has 0 aliphatic carbocycles. The van der Waals surface area contributed by atoms with Crippen molar-refractivity contribution < 1.29 is 0 Å². The molecule has 0 atom stereocenters. The fraction of sp³-hybridized carbons (Fsp3) is 0.0217. The van der Waals surface area contributed by atoms with E-state index in [1.54, 1.807) is 11.3 Å². The van der Waals surface area contributed by atoms with E-state index in [1.165, 1.54) is 37.5 Å². The predicted octanol–water partition coefficient (Wildman–Crippen LogP) is 12.5. The van der Waals surface area contributed by atoms with Gasteiger partial charge in [-0.15, -0.1) is 11.3 Å². The Labute approximate surface area is 300 Å². The first kappa shape index (κ1) is 30.6. The topological polar surface area (TPSA) is 43.6 Å². The first-order valence-corrected chi connectivity index (χ1v) is 17.8. The molecule has 5 heteroatoms. The molecule has 0 saturated carbocycles. The summed E-state index contributed by atoms with van der Waals surface area (Å²) >= 11 is 1.80. The van der Waals surface area contributed by atoms with Crippen LogP contribution in [0.2, 0.25) is 0 Å². The van der Waals surface area contributed by atoms with E-state index in [2.05, 4.69) is 152 Å². The molecule has 0 unspecified atom stereocenters. The van der Waals surface area contributed by atoms with E-state index >= 15 is 0 Å². The van der Waals surface area contributed by atoms with E-state index < -0.39 is 0 Å². The van der Waals surface area contributed by atoms with Crippen LogP contribution < -0.4 is 0 Å². The van der Waals surface area contributed by atoms with Crippen LogP contribution in [0.15, 0.2) is 158 Å². The van der Waals surface area contributed by atoms with E-state index in [0.717, 1.165) is 38.3 Å². The molecule has 9 aromatic rings. The third kappa shape index (κ3) is 5.27. The molecule has 0 spiro atoms. The van der Waals surface area contributed by atoms with Crippen LogP contribution in [0.5, 0.6) is 0 Å². The number of hydrogen-bond donors (Lipinski definition) is 0. The Bertz CT molecular complexity index is 2740. The molecule has 3 heterocycles. The molecule has 0 aliphatic heterocycles. The van der Waals surface area contributed by atoms with Crippen molar-refractivity contribution >= 4 is 54.6 Å². The van der Waals surface area contributed by atoms with E-state index in [-0.39, 0.29) is 0 Å². The number of aromatic nitrogens is 4. The molecule has 0 aliphatic rings. The van der Waals surface area contributed by atoms with Gasteiger partial charge in [0.1, 0.15) is 0 Å². The first-order valence-electron chi connectivity index (χ1n) is 17.0. The fourth-order valence-corrected chi connectivity index (χ4v) is 8.36. The van der Waals surface area contributed by atoms with Crippen LogP contribution in [-0.2, 0) is 0 Å². The van der Waals surface area contributed by atoms with Crippen molar-refractivity contribution in [3.05, 3.63) is 170 Å². The van der Waals surface area contributed by atoms with E-state index in [4.69, 9.17) is 15.0 Å². The van der Waals surface area contributed by atoms with Gasteiger partial charge in [0.2, 0.25) is 0 Å². The molecule has 4 nitrogen and oxygen atoms in total. The Morgan fingerprint density at radius 1 is 0.529 bits per heavy atom. The molecule has 0 N–H and O–H groups in total. The highest BCUT2D eigenvalue weighted by Crippen LogP contribution is 2.45. The lowest BCUT2D eigenvalue weighted by Gasteiger charge is -2.10. The van der Waals surface area contributed by atoms with Gasteiger partial charge in [-0.3, -0.25) is 0 Å². The summed E-state index contributed by atoms with van der Waals surface area (Å²) in [5, 5.41) is 3.58. The van der Waals surface area contributed by atoms with Crippen molar-refractivity contribution in [2.24, 2.45) is 0 Å². The minimum absolute atomic E-state index is 0.642. The van der Waals surface area contributed by atoms with Crippen LogP contribution in [0, 0.1) is 0 Å². The standard InChI is InChI=1S/C46H32N4S/c1-3-15-35-36-28-29-38-37-22-14-23-39(42(37)51-43(38)41(36)50(40(35)4-2)34-20-12-7-13-21-34)46-48-44(32-18-10-6-11-19-32)47-45(49-46)33-26-24-31(25-27-33)30-16-8-5-9-17-30/h3-29H,2H2,1H3/b15-3-. The molecule has 6 aromatic carbocycles. The van der Waals surface area contributed by atoms with Crippen LogP contribution in [0.4, 0.5) is 0 Å². The van der Waals surface area contributed by atoms with Crippen molar-refractivity contribution in [2.75, 3.05) is 0 Å². The average Bonchev–Trinajstić information content (AvgIpc) is 3.74. The maximum Gasteiger partial charge on any atom is 0.165 e. The normalized spacial score (nSPS) is 11.6. The predicted molar refractivity (Wildman–Crippen MR) is 216 cm³/mol. The number of thiophene rings is 1. The van der Waals surface area contributed by atoms with Crippen molar-refractivity contribution in [1.82, 2.24) is 19.5 Å². The Kier molecular flexibility index (Phi) is 7.68. The molecule has 0 fully saturated rings. The molecule has 0 saturated heterocycles. The molecule has 242 valence electrons. The van der Waals surface area contributed by atoms with Crippen molar-refractivity contribution in [3.63, 3.8) is 0 Å². The lowest BCUT2D eigenvalue weighted by molar-refractivity contribution is 1.08. The van der Waals surface area contributed by atoms with Crippen molar-refractivity contribution in [2.45, 2.75) is 6.92 Å². The zero-order chi connectivity index (χ0) is 34.3. The van der Waals surface area contributed by atoms with Crippen LogP contribution in [0.3, 0.4) is 0 Å². The summed E-state index contributed by atoms with van der Waals surface area (Å²) in [5.41, 5.74) is 9.71. The number of hydrogen-bond acceptors (Lipinski definition) is 4. The fourth-order valence-electron chi connectivity index (χ4n) is 7.01. The number of para-hydroxylation sites is 1. The number of nitrogens with zero attached hydrogens (tertiary/aromatic N) is 4. The van der Waals surface area contributed by atoms with Gasteiger partial charge in [0.25, 0.3) is 0 Å². The summed E-state index contributed by atoms with van der Waals surface area (Å²) in [5.74, 6) is 1.94. The molecule has 0 radical (unpaired) electrons. The molecular formula is C46H32N4S. The molecule has 0 bridgehead atoms. The second kappa shape index (κ2) is 12.8. The van der Waals surface area contributed by atoms with Crippen LogP contribution >= 0.6 is 11.3 Å². The van der Waals surface area contributed by atoms with Gasteiger partial charge in [0.05, 0.1) is 15.9 Å². The highest BCUT2D eigenvalue weighted by atomic mass is 32.1. The van der Waals surface area contributed by atoms with E-state index in [1.807, 2.05) is 30.3 Å². The van der Waals surface area contributed by atoms with Gasteiger partial charge >= 0.3 is 0 Å². The lowest BCUT2D eigenvalue weighted by Crippen LogP contribution is -2.00. The summed E-state index contributed by atoms with van der Waals surface area (Å²) < 4.78 is 4.71. The molecule has 3 aromatic heterocycles. The molecular weight excluding hydrogens is 641 g/mol. The summed E-state index contributed by atoms with van der Waals surface area (Å²) in [6, 6.07) is 50.6. The molecule has 0 amide bonds. The number of fused-ring (bicyclic) bond motifs is 5. The Morgan fingerprint density at radius 2 is 1.08 bits per heavy atom. The third-order valence-corrected chi connectivity index (χ3v) is 10.6. The third-order valence-electron chi connectivity index (χ3n) is 9.37. The zero-order valence-corrected chi connectivity index (χ0v) is 28.8. The maximum absolute atomic E-state index is 5.16. The van der Waals surface area contributed by atoms with Crippen LogP contribution in [0.25, 0.3) is 94.2 Å².